The van der Waals surface area contributed by atoms with Crippen LogP contribution in [-0.2, 0) is 0 Å². The molecule has 1 heterocycles. The van der Waals surface area contributed by atoms with E-state index in [1.807, 2.05) is 55.5 Å². The molecule has 0 aliphatic carbocycles. The van der Waals surface area contributed by atoms with E-state index in [-0.39, 0.29) is 0 Å². The lowest BCUT2D eigenvalue weighted by Crippen LogP contribution is -2.01. The molecule has 4 heteroatoms. The minimum Gasteiger partial charge on any atom is -0.490 e. The third kappa shape index (κ3) is 2.90. The monoisotopic (exact) mass is 331 g/mol. The average molecular weight is 332 g/mol. The molecule has 0 atom stereocenters. The van der Waals surface area contributed by atoms with Crippen LogP contribution in [0, 0.1) is 6.92 Å². The molecule has 3 aromatic rings. The van der Waals surface area contributed by atoms with Crippen molar-refractivity contribution >= 4 is 34.1 Å². The molecule has 0 aliphatic rings. The van der Waals surface area contributed by atoms with Gasteiger partial charge in [-0.15, -0.1) is 11.6 Å². The zero-order valence-corrected chi connectivity index (χ0v) is 13.7. The number of ether oxygens (including phenoxy) is 1. The first-order chi connectivity index (χ1) is 10.7. The molecule has 0 radical (unpaired) electrons. The van der Waals surface area contributed by atoms with E-state index in [9.17, 15) is 0 Å². The van der Waals surface area contributed by atoms with Gasteiger partial charge in [-0.25, -0.2) is 4.98 Å². The fraction of sp³-hybridized carbons (Fsp3) is 0.167. The number of halogens is 2. The van der Waals surface area contributed by atoms with E-state index in [0.29, 0.717) is 23.3 Å². The minimum atomic E-state index is 0.405. The van der Waals surface area contributed by atoms with Crippen LogP contribution in [0.1, 0.15) is 5.56 Å². The van der Waals surface area contributed by atoms with E-state index in [0.717, 1.165) is 27.7 Å². The molecule has 0 unspecified atom stereocenters. The number of fused-ring (bicyclic) bond motifs is 1. The van der Waals surface area contributed by atoms with Crippen LogP contribution in [0.5, 0.6) is 5.75 Å². The number of rotatable bonds is 4. The predicted octanol–water partition coefficient (Wildman–Crippen LogP) is 5.48. The Hall–Kier alpha value is -1.77. The molecule has 1 aromatic heterocycles. The molecule has 0 N–H and O–H groups in total. The summed E-state index contributed by atoms with van der Waals surface area (Å²) in [7, 11) is 0. The minimum absolute atomic E-state index is 0.405. The van der Waals surface area contributed by atoms with Crippen LogP contribution in [0.2, 0.25) is 5.02 Å². The maximum absolute atomic E-state index is 6.58. The van der Waals surface area contributed by atoms with Crippen LogP contribution in [0.15, 0.2) is 48.5 Å². The summed E-state index contributed by atoms with van der Waals surface area (Å²) < 4.78 is 5.81. The summed E-state index contributed by atoms with van der Waals surface area (Å²) in [6.45, 7) is 2.44. The highest BCUT2D eigenvalue weighted by Crippen LogP contribution is 2.39. The molecule has 0 spiro atoms. The lowest BCUT2D eigenvalue weighted by Gasteiger charge is -2.14. The van der Waals surface area contributed by atoms with Crippen molar-refractivity contribution in [1.82, 2.24) is 4.98 Å². The molecule has 0 saturated heterocycles. The molecule has 3 rings (SSSR count). The number of pyridine rings is 1. The maximum atomic E-state index is 6.58. The van der Waals surface area contributed by atoms with E-state index in [2.05, 4.69) is 0 Å². The number of hydrogen-bond acceptors (Lipinski definition) is 2. The van der Waals surface area contributed by atoms with E-state index < -0.39 is 0 Å². The van der Waals surface area contributed by atoms with Crippen molar-refractivity contribution < 1.29 is 4.74 Å². The summed E-state index contributed by atoms with van der Waals surface area (Å²) in [5, 5.41) is 1.43. The van der Waals surface area contributed by atoms with E-state index in [4.69, 9.17) is 32.9 Å². The lowest BCUT2D eigenvalue weighted by atomic mass is 10.1. The summed E-state index contributed by atoms with van der Waals surface area (Å²) in [5.74, 6) is 1.06. The lowest BCUT2D eigenvalue weighted by molar-refractivity contribution is 0.347. The van der Waals surface area contributed by atoms with Gasteiger partial charge in [0.05, 0.1) is 17.1 Å². The van der Waals surface area contributed by atoms with Crippen molar-refractivity contribution in [2.45, 2.75) is 6.92 Å². The summed E-state index contributed by atoms with van der Waals surface area (Å²) in [5.41, 5.74) is 3.68. The highest BCUT2D eigenvalue weighted by molar-refractivity contribution is 6.35. The standard InChI is InChI=1S/C18H15Cl2NO/c1-12-7-8-15-14(11-12)18(22-10-9-19)16(20)17(21-15)13-5-3-2-4-6-13/h2-8,11H,9-10H2,1H3. The Balaban J connectivity index is 2.26. The molecule has 2 nitrogen and oxygen atoms in total. The van der Waals surface area contributed by atoms with Gasteiger partial charge >= 0.3 is 0 Å². The molecule has 0 saturated carbocycles. The smallest absolute Gasteiger partial charge is 0.149 e. The van der Waals surface area contributed by atoms with Crippen molar-refractivity contribution in [3.05, 3.63) is 59.1 Å². The van der Waals surface area contributed by atoms with Gasteiger partial charge in [-0.2, -0.15) is 0 Å². The fourth-order valence-electron chi connectivity index (χ4n) is 2.39. The van der Waals surface area contributed by atoms with Gasteiger partial charge in [-0.3, -0.25) is 0 Å². The largest absolute Gasteiger partial charge is 0.490 e. The fourth-order valence-corrected chi connectivity index (χ4v) is 2.78. The van der Waals surface area contributed by atoms with Gasteiger partial charge in [0.2, 0.25) is 0 Å². The summed E-state index contributed by atoms with van der Waals surface area (Å²) in [4.78, 5) is 4.71. The Morgan fingerprint density at radius 3 is 2.59 bits per heavy atom. The van der Waals surface area contributed by atoms with Crippen LogP contribution in [0.3, 0.4) is 0 Å². The quantitative estimate of drug-likeness (QED) is 0.590. The van der Waals surface area contributed by atoms with E-state index in [1.165, 1.54) is 0 Å². The predicted molar refractivity (Wildman–Crippen MR) is 93.1 cm³/mol. The Morgan fingerprint density at radius 1 is 1.09 bits per heavy atom. The van der Waals surface area contributed by atoms with Gasteiger partial charge < -0.3 is 4.74 Å². The van der Waals surface area contributed by atoms with Crippen LogP contribution in [-0.4, -0.2) is 17.5 Å². The molecule has 112 valence electrons. The van der Waals surface area contributed by atoms with E-state index >= 15 is 0 Å². The van der Waals surface area contributed by atoms with Gasteiger partial charge in [0.25, 0.3) is 0 Å². The van der Waals surface area contributed by atoms with Crippen LogP contribution >= 0.6 is 23.2 Å². The van der Waals surface area contributed by atoms with Gasteiger partial charge in [0, 0.05) is 10.9 Å². The third-order valence-corrected chi connectivity index (χ3v) is 3.91. The normalized spacial score (nSPS) is 10.9. The molecule has 0 amide bonds. The molecular formula is C18H15Cl2NO. The van der Waals surface area contributed by atoms with Crippen molar-refractivity contribution in [3.63, 3.8) is 0 Å². The number of aryl methyl sites for hydroxylation is 1. The second-order valence-electron chi connectivity index (χ2n) is 5.03. The van der Waals surface area contributed by atoms with Crippen LogP contribution in [0.4, 0.5) is 0 Å². The Morgan fingerprint density at radius 2 is 1.86 bits per heavy atom. The zero-order chi connectivity index (χ0) is 15.5. The first-order valence-electron chi connectivity index (χ1n) is 7.04. The third-order valence-electron chi connectivity index (χ3n) is 3.41. The van der Waals surface area contributed by atoms with Gasteiger partial charge in [0.1, 0.15) is 17.4 Å². The van der Waals surface area contributed by atoms with Gasteiger partial charge in [-0.1, -0.05) is 53.6 Å². The number of nitrogens with zero attached hydrogens (tertiary/aromatic N) is 1. The second-order valence-corrected chi connectivity index (χ2v) is 5.78. The zero-order valence-electron chi connectivity index (χ0n) is 12.1. The van der Waals surface area contributed by atoms with Crippen LogP contribution < -0.4 is 4.74 Å². The molecule has 2 aromatic carbocycles. The van der Waals surface area contributed by atoms with Crippen molar-refractivity contribution in [1.29, 1.82) is 0 Å². The number of alkyl halides is 1. The first kappa shape index (κ1) is 15.1. The molecule has 0 bridgehead atoms. The number of hydrogen-bond donors (Lipinski definition) is 0. The maximum Gasteiger partial charge on any atom is 0.149 e. The van der Waals surface area contributed by atoms with Crippen molar-refractivity contribution in [2.24, 2.45) is 0 Å². The van der Waals surface area contributed by atoms with Crippen molar-refractivity contribution in [3.8, 4) is 17.0 Å². The molecular weight excluding hydrogens is 317 g/mol. The van der Waals surface area contributed by atoms with Gasteiger partial charge in [0.15, 0.2) is 0 Å². The highest BCUT2D eigenvalue weighted by Gasteiger charge is 2.16. The van der Waals surface area contributed by atoms with Crippen LogP contribution in [0.25, 0.3) is 22.2 Å². The molecule has 0 fully saturated rings. The summed E-state index contributed by atoms with van der Waals surface area (Å²) >= 11 is 12.3. The summed E-state index contributed by atoms with van der Waals surface area (Å²) in [6.07, 6.45) is 0. The number of benzene rings is 2. The number of aromatic nitrogens is 1. The second kappa shape index (κ2) is 6.55. The Labute approximate surface area is 139 Å². The van der Waals surface area contributed by atoms with Gasteiger partial charge in [-0.05, 0) is 19.1 Å². The SMILES string of the molecule is Cc1ccc2nc(-c3ccccc3)c(Cl)c(OCCCl)c2c1. The van der Waals surface area contributed by atoms with Crippen molar-refractivity contribution in [2.75, 3.05) is 12.5 Å². The topological polar surface area (TPSA) is 22.1 Å². The average Bonchev–Trinajstić information content (AvgIpc) is 2.54. The highest BCUT2D eigenvalue weighted by atomic mass is 35.5. The molecule has 0 aliphatic heterocycles. The summed E-state index contributed by atoms with van der Waals surface area (Å²) in [6, 6.07) is 15.9. The Bertz CT molecular complexity index is 803. The Kier molecular flexibility index (Phi) is 4.51. The first-order valence-corrected chi connectivity index (χ1v) is 7.96. The van der Waals surface area contributed by atoms with E-state index in [1.54, 1.807) is 0 Å². The molecule has 22 heavy (non-hydrogen) atoms.